The summed E-state index contributed by atoms with van der Waals surface area (Å²) in [6, 6.07) is 3.88. The van der Waals surface area contributed by atoms with Crippen LogP contribution < -0.4 is 0 Å². The number of nitrogens with one attached hydrogen (secondary N) is 1. The number of fused-ring (bicyclic) bond motifs is 1. The number of hydrogen-bond acceptors (Lipinski definition) is 3. The monoisotopic (exact) mass is 372 g/mol. The van der Waals surface area contributed by atoms with Gasteiger partial charge in [-0.3, -0.25) is 9.89 Å². The SMILES string of the molecule is CC1=C(CN(C)C(=O)CC(C)(C)c2[nH]nc3ncccc23)CCC=C1Cl. The minimum Gasteiger partial charge on any atom is -0.342 e. The Balaban J connectivity index is 1.74. The molecule has 0 atom stereocenters. The predicted molar refractivity (Wildman–Crippen MR) is 105 cm³/mol. The van der Waals surface area contributed by atoms with Crippen LogP contribution in [0.4, 0.5) is 0 Å². The second kappa shape index (κ2) is 7.23. The van der Waals surface area contributed by atoms with Crippen LogP contribution in [0.2, 0.25) is 0 Å². The van der Waals surface area contributed by atoms with E-state index >= 15 is 0 Å². The minimum absolute atomic E-state index is 0.104. The van der Waals surface area contributed by atoms with Gasteiger partial charge in [-0.15, -0.1) is 0 Å². The zero-order valence-corrected chi connectivity index (χ0v) is 16.5. The van der Waals surface area contributed by atoms with Gasteiger partial charge in [0.15, 0.2) is 5.65 Å². The highest BCUT2D eigenvalue weighted by Gasteiger charge is 2.30. The molecular weight excluding hydrogens is 348 g/mol. The number of halogens is 1. The molecule has 0 radical (unpaired) electrons. The van der Waals surface area contributed by atoms with E-state index in [4.69, 9.17) is 11.6 Å². The van der Waals surface area contributed by atoms with Gasteiger partial charge >= 0.3 is 0 Å². The molecule has 3 rings (SSSR count). The van der Waals surface area contributed by atoms with Crippen molar-refractivity contribution < 1.29 is 4.79 Å². The first-order valence-corrected chi connectivity index (χ1v) is 9.25. The average molecular weight is 373 g/mol. The Morgan fingerprint density at radius 3 is 2.96 bits per heavy atom. The molecule has 1 aliphatic carbocycles. The van der Waals surface area contributed by atoms with Crippen LogP contribution in [0.3, 0.4) is 0 Å². The van der Waals surface area contributed by atoms with Crippen molar-refractivity contribution in [2.24, 2.45) is 0 Å². The number of amides is 1. The van der Waals surface area contributed by atoms with Crippen molar-refractivity contribution >= 4 is 28.5 Å². The number of H-pyrrole nitrogens is 1. The first kappa shape index (κ1) is 18.6. The summed E-state index contributed by atoms with van der Waals surface area (Å²) < 4.78 is 0. The van der Waals surface area contributed by atoms with Crippen molar-refractivity contribution in [3.8, 4) is 0 Å². The van der Waals surface area contributed by atoms with Gasteiger partial charge in [-0.1, -0.05) is 31.5 Å². The van der Waals surface area contributed by atoms with Gasteiger partial charge in [0.2, 0.25) is 5.91 Å². The Hall–Kier alpha value is -2.14. The lowest BCUT2D eigenvalue weighted by atomic mass is 9.83. The highest BCUT2D eigenvalue weighted by molar-refractivity contribution is 6.32. The Morgan fingerprint density at radius 1 is 1.42 bits per heavy atom. The summed E-state index contributed by atoms with van der Waals surface area (Å²) in [5.74, 6) is 0.104. The van der Waals surface area contributed by atoms with Crippen molar-refractivity contribution in [3.05, 3.63) is 46.3 Å². The van der Waals surface area contributed by atoms with Crippen LogP contribution in [0, 0.1) is 0 Å². The van der Waals surface area contributed by atoms with E-state index in [0.29, 0.717) is 18.6 Å². The maximum atomic E-state index is 12.9. The molecule has 6 heteroatoms. The van der Waals surface area contributed by atoms with E-state index in [1.807, 2.05) is 32.2 Å². The molecule has 1 N–H and O–H groups in total. The molecule has 0 aromatic carbocycles. The summed E-state index contributed by atoms with van der Waals surface area (Å²) in [5.41, 5.74) is 3.60. The third-order valence-electron chi connectivity index (χ3n) is 5.11. The number of likely N-dealkylation sites (N-methyl/N-ethyl adjacent to an activating group) is 1. The lowest BCUT2D eigenvalue weighted by Crippen LogP contribution is -2.34. The summed E-state index contributed by atoms with van der Waals surface area (Å²) in [6.45, 7) is 6.77. The average Bonchev–Trinajstić information content (AvgIpc) is 3.03. The van der Waals surface area contributed by atoms with Crippen molar-refractivity contribution in [1.82, 2.24) is 20.1 Å². The van der Waals surface area contributed by atoms with Gasteiger partial charge in [-0.2, -0.15) is 5.10 Å². The first-order valence-electron chi connectivity index (χ1n) is 8.88. The Bertz CT molecular complexity index is 894. The van der Waals surface area contributed by atoms with Crippen LogP contribution in [0.25, 0.3) is 11.0 Å². The third-order valence-corrected chi connectivity index (χ3v) is 5.55. The maximum absolute atomic E-state index is 12.9. The predicted octanol–water partition coefficient (Wildman–Crippen LogP) is 4.32. The quantitative estimate of drug-likeness (QED) is 0.850. The molecule has 2 aromatic rings. The van der Waals surface area contributed by atoms with Gasteiger partial charge in [0, 0.05) is 42.0 Å². The van der Waals surface area contributed by atoms with Crippen LogP contribution in [-0.4, -0.2) is 39.6 Å². The molecule has 26 heavy (non-hydrogen) atoms. The van der Waals surface area contributed by atoms with Gasteiger partial charge in [-0.05, 0) is 43.0 Å². The largest absolute Gasteiger partial charge is 0.342 e. The van der Waals surface area contributed by atoms with Crippen LogP contribution in [0.15, 0.2) is 40.6 Å². The van der Waals surface area contributed by atoms with E-state index in [9.17, 15) is 4.79 Å². The number of carbonyl (C=O) groups excluding carboxylic acids is 1. The fourth-order valence-corrected chi connectivity index (χ4v) is 3.67. The maximum Gasteiger partial charge on any atom is 0.223 e. The lowest BCUT2D eigenvalue weighted by Gasteiger charge is -2.28. The van der Waals surface area contributed by atoms with Crippen molar-refractivity contribution in [2.45, 2.75) is 45.4 Å². The van der Waals surface area contributed by atoms with Crippen LogP contribution in [0.1, 0.15) is 45.7 Å². The molecule has 0 unspecified atom stereocenters. The highest BCUT2D eigenvalue weighted by atomic mass is 35.5. The molecule has 0 bridgehead atoms. The summed E-state index contributed by atoms with van der Waals surface area (Å²) in [4.78, 5) is 18.9. The van der Waals surface area contributed by atoms with E-state index in [1.54, 1.807) is 11.1 Å². The zero-order chi connectivity index (χ0) is 18.9. The van der Waals surface area contributed by atoms with Crippen molar-refractivity contribution in [1.29, 1.82) is 0 Å². The van der Waals surface area contributed by atoms with Gasteiger partial charge in [-0.25, -0.2) is 4.98 Å². The molecule has 0 saturated heterocycles. The summed E-state index contributed by atoms with van der Waals surface area (Å²) >= 11 is 6.24. The summed E-state index contributed by atoms with van der Waals surface area (Å²) in [6.07, 6.45) is 6.05. The van der Waals surface area contributed by atoms with Crippen molar-refractivity contribution in [2.75, 3.05) is 13.6 Å². The van der Waals surface area contributed by atoms with Crippen molar-refractivity contribution in [3.63, 3.8) is 0 Å². The van der Waals surface area contributed by atoms with E-state index < -0.39 is 0 Å². The molecule has 0 fully saturated rings. The molecule has 2 aromatic heterocycles. The number of hydrogen-bond donors (Lipinski definition) is 1. The molecule has 1 amide bonds. The second-order valence-electron chi connectivity index (χ2n) is 7.60. The van der Waals surface area contributed by atoms with Crippen LogP contribution in [-0.2, 0) is 10.2 Å². The van der Waals surface area contributed by atoms with Gasteiger partial charge in [0.25, 0.3) is 0 Å². The topological polar surface area (TPSA) is 61.9 Å². The second-order valence-corrected chi connectivity index (χ2v) is 8.01. The molecule has 2 heterocycles. The number of aromatic nitrogens is 3. The standard InChI is InChI=1S/C20H25ClN4O/c1-13-14(7-5-9-16(13)21)12-25(4)17(26)11-20(2,3)18-15-8-6-10-22-19(15)24-23-18/h6,8-10H,5,7,11-12H2,1-4H3,(H,22,23,24). The van der Waals surface area contributed by atoms with E-state index in [0.717, 1.165) is 34.5 Å². The number of pyridine rings is 1. The smallest absolute Gasteiger partial charge is 0.223 e. The number of rotatable bonds is 5. The minimum atomic E-state index is -0.364. The fraction of sp³-hybridized carbons (Fsp3) is 0.450. The Kier molecular flexibility index (Phi) is 5.19. The lowest BCUT2D eigenvalue weighted by molar-refractivity contribution is -0.130. The molecule has 0 aliphatic heterocycles. The van der Waals surface area contributed by atoms with E-state index in [2.05, 4.69) is 29.0 Å². The third kappa shape index (κ3) is 3.68. The molecule has 138 valence electrons. The van der Waals surface area contributed by atoms with E-state index in [-0.39, 0.29) is 11.3 Å². The molecule has 0 saturated carbocycles. The Morgan fingerprint density at radius 2 is 2.19 bits per heavy atom. The Labute approximate surface area is 159 Å². The molecule has 5 nitrogen and oxygen atoms in total. The summed E-state index contributed by atoms with van der Waals surface area (Å²) in [7, 11) is 1.86. The molecule has 0 spiro atoms. The normalized spacial score (nSPS) is 15.3. The van der Waals surface area contributed by atoms with Gasteiger partial charge in [0.05, 0.1) is 5.69 Å². The first-order chi connectivity index (χ1) is 12.3. The number of aromatic amines is 1. The van der Waals surface area contributed by atoms with Gasteiger partial charge in [0.1, 0.15) is 0 Å². The molecular formula is C20H25ClN4O. The van der Waals surface area contributed by atoms with E-state index in [1.165, 1.54) is 5.57 Å². The molecule has 1 aliphatic rings. The highest BCUT2D eigenvalue weighted by Crippen LogP contribution is 2.32. The fourth-order valence-electron chi connectivity index (χ4n) is 3.42. The van der Waals surface area contributed by atoms with Crippen LogP contribution in [0.5, 0.6) is 0 Å². The number of carbonyl (C=O) groups is 1. The summed E-state index contributed by atoms with van der Waals surface area (Å²) in [5, 5.41) is 9.11. The van der Waals surface area contributed by atoms with Crippen LogP contribution >= 0.6 is 11.6 Å². The zero-order valence-electron chi connectivity index (χ0n) is 15.8. The van der Waals surface area contributed by atoms with Gasteiger partial charge < -0.3 is 4.90 Å². The number of nitrogens with zero attached hydrogens (tertiary/aromatic N) is 3. The number of allylic oxidation sites excluding steroid dienone is 3.